The maximum atomic E-state index is 13.3. The third-order valence-electron chi connectivity index (χ3n) is 2.84. The summed E-state index contributed by atoms with van der Waals surface area (Å²) in [6, 6.07) is 3.77. The monoisotopic (exact) mass is 322 g/mol. The average Bonchev–Trinajstić information content (AvgIpc) is 2.19. The van der Waals surface area contributed by atoms with Crippen LogP contribution in [0.5, 0.6) is 0 Å². The van der Waals surface area contributed by atoms with Gasteiger partial charge < -0.3 is 5.32 Å². The average molecular weight is 323 g/mol. The molecule has 1 N–H and O–H groups in total. The summed E-state index contributed by atoms with van der Waals surface area (Å²) >= 11 is 2.99. The summed E-state index contributed by atoms with van der Waals surface area (Å²) in [7, 11) is -2.09. The number of nitrogens with one attached hydrogen (secondary N) is 1. The van der Waals surface area contributed by atoms with Gasteiger partial charge in [-0.05, 0) is 34.1 Å². The van der Waals surface area contributed by atoms with Crippen molar-refractivity contribution in [3.8, 4) is 0 Å². The molecule has 1 aliphatic heterocycles. The van der Waals surface area contributed by atoms with E-state index in [2.05, 4.69) is 21.2 Å². The Morgan fingerprint density at radius 1 is 1.47 bits per heavy atom. The van der Waals surface area contributed by atoms with Crippen LogP contribution >= 0.6 is 15.9 Å². The molecule has 0 saturated carbocycles. The van der Waals surface area contributed by atoms with E-state index in [0.29, 0.717) is 13.1 Å². The van der Waals surface area contributed by atoms with Crippen molar-refractivity contribution in [3.63, 3.8) is 0 Å². The largest absolute Gasteiger partial charge is 0.313 e. The van der Waals surface area contributed by atoms with Crippen LogP contribution in [0.25, 0.3) is 0 Å². The van der Waals surface area contributed by atoms with E-state index < -0.39 is 15.8 Å². The number of sulfonamides is 1. The molecule has 2 rings (SSSR count). The fourth-order valence-electron chi connectivity index (χ4n) is 1.53. The van der Waals surface area contributed by atoms with E-state index in [9.17, 15) is 12.8 Å². The molecule has 0 radical (unpaired) electrons. The molecule has 1 heterocycles. The Morgan fingerprint density at radius 2 is 2.12 bits per heavy atom. The van der Waals surface area contributed by atoms with E-state index >= 15 is 0 Å². The second-order valence-electron chi connectivity index (χ2n) is 3.91. The number of nitrogens with zero attached hydrogens (tertiary/aromatic N) is 1. The van der Waals surface area contributed by atoms with Gasteiger partial charge in [-0.25, -0.2) is 12.8 Å². The van der Waals surface area contributed by atoms with Crippen LogP contribution in [0.15, 0.2) is 27.6 Å². The highest BCUT2D eigenvalue weighted by Gasteiger charge is 2.31. The van der Waals surface area contributed by atoms with Crippen molar-refractivity contribution in [1.82, 2.24) is 9.62 Å². The molecule has 1 saturated heterocycles. The van der Waals surface area contributed by atoms with Crippen molar-refractivity contribution in [2.24, 2.45) is 0 Å². The Morgan fingerprint density at radius 3 is 2.59 bits per heavy atom. The van der Waals surface area contributed by atoms with Crippen LogP contribution < -0.4 is 5.32 Å². The second-order valence-corrected chi connectivity index (χ2v) is 6.76. The van der Waals surface area contributed by atoms with Crippen molar-refractivity contribution in [2.75, 3.05) is 20.1 Å². The molecule has 1 aromatic rings. The van der Waals surface area contributed by atoms with Crippen molar-refractivity contribution in [2.45, 2.75) is 10.9 Å². The Kier molecular flexibility index (Phi) is 3.53. The van der Waals surface area contributed by atoms with Crippen molar-refractivity contribution < 1.29 is 12.8 Å². The van der Waals surface area contributed by atoms with Gasteiger partial charge in [-0.1, -0.05) is 0 Å². The molecular weight excluding hydrogens is 311 g/mol. The van der Waals surface area contributed by atoms with E-state index in [1.54, 1.807) is 0 Å². The van der Waals surface area contributed by atoms with Gasteiger partial charge >= 0.3 is 0 Å². The summed E-state index contributed by atoms with van der Waals surface area (Å²) < 4.78 is 39.2. The van der Waals surface area contributed by atoms with Crippen LogP contribution in [0.2, 0.25) is 0 Å². The van der Waals surface area contributed by atoms with Gasteiger partial charge in [0.15, 0.2) is 0 Å². The minimum absolute atomic E-state index is 0.0207. The zero-order valence-electron chi connectivity index (χ0n) is 9.15. The Labute approximate surface area is 108 Å². The van der Waals surface area contributed by atoms with Crippen LogP contribution in [-0.2, 0) is 10.0 Å². The number of likely N-dealkylation sites (N-methyl/N-ethyl adjacent to an activating group) is 1. The molecule has 7 heteroatoms. The standard InChI is InChI=1S/C10H12BrFN2O2S/c1-14(7-5-13-6-7)17(15,16)8-2-3-9(11)10(12)4-8/h2-4,7,13H,5-6H2,1H3. The summed E-state index contributed by atoms with van der Waals surface area (Å²) in [4.78, 5) is -0.0207. The topological polar surface area (TPSA) is 49.4 Å². The smallest absolute Gasteiger partial charge is 0.243 e. The van der Waals surface area contributed by atoms with E-state index in [4.69, 9.17) is 0 Å². The fourth-order valence-corrected chi connectivity index (χ4v) is 3.14. The second kappa shape index (κ2) is 4.64. The summed E-state index contributed by atoms with van der Waals surface area (Å²) in [6.07, 6.45) is 0. The summed E-state index contributed by atoms with van der Waals surface area (Å²) in [5.74, 6) is -0.578. The highest BCUT2D eigenvalue weighted by atomic mass is 79.9. The lowest BCUT2D eigenvalue weighted by Gasteiger charge is -2.34. The molecule has 0 unspecified atom stereocenters. The maximum absolute atomic E-state index is 13.3. The molecule has 0 bridgehead atoms. The van der Waals surface area contributed by atoms with Crippen molar-refractivity contribution >= 4 is 26.0 Å². The van der Waals surface area contributed by atoms with Gasteiger partial charge in [0, 0.05) is 26.2 Å². The molecule has 0 atom stereocenters. The normalized spacial score (nSPS) is 17.2. The Hall–Kier alpha value is -0.500. The molecule has 1 fully saturated rings. The molecular formula is C10H12BrFN2O2S. The lowest BCUT2D eigenvalue weighted by molar-refractivity contribution is 0.274. The van der Waals surface area contributed by atoms with Gasteiger partial charge in [0.05, 0.1) is 9.37 Å². The number of hydrogen-bond donors (Lipinski definition) is 1. The van der Waals surface area contributed by atoms with E-state index in [1.165, 1.54) is 23.5 Å². The Balaban J connectivity index is 2.33. The third-order valence-corrected chi connectivity index (χ3v) is 5.39. The molecule has 4 nitrogen and oxygen atoms in total. The van der Waals surface area contributed by atoms with Gasteiger partial charge in [-0.3, -0.25) is 0 Å². The lowest BCUT2D eigenvalue weighted by atomic mass is 10.2. The highest BCUT2D eigenvalue weighted by Crippen LogP contribution is 2.23. The van der Waals surface area contributed by atoms with Crippen LogP contribution in [0.1, 0.15) is 0 Å². The third kappa shape index (κ3) is 2.37. The van der Waals surface area contributed by atoms with Crippen LogP contribution in [0, 0.1) is 5.82 Å². The molecule has 1 aliphatic rings. The van der Waals surface area contributed by atoms with E-state index in [0.717, 1.165) is 6.07 Å². The van der Waals surface area contributed by atoms with Gasteiger partial charge in [-0.2, -0.15) is 4.31 Å². The molecule has 94 valence electrons. The molecule has 0 amide bonds. The number of hydrogen-bond acceptors (Lipinski definition) is 3. The van der Waals surface area contributed by atoms with Crippen LogP contribution in [0.3, 0.4) is 0 Å². The molecule has 0 spiro atoms. The quantitative estimate of drug-likeness (QED) is 0.909. The first-order chi connectivity index (χ1) is 7.93. The van der Waals surface area contributed by atoms with Crippen molar-refractivity contribution in [3.05, 3.63) is 28.5 Å². The lowest BCUT2D eigenvalue weighted by Crippen LogP contribution is -2.57. The first kappa shape index (κ1) is 12.9. The SMILES string of the molecule is CN(C1CNC1)S(=O)(=O)c1ccc(Br)c(F)c1. The predicted molar refractivity (Wildman–Crippen MR) is 65.7 cm³/mol. The molecule has 0 aliphatic carbocycles. The number of benzene rings is 1. The number of rotatable bonds is 3. The Bertz CT molecular complexity index is 531. The van der Waals surface area contributed by atoms with Crippen LogP contribution in [0.4, 0.5) is 4.39 Å². The first-order valence-corrected chi connectivity index (χ1v) is 7.30. The summed E-state index contributed by atoms with van der Waals surface area (Å²) in [5, 5.41) is 3.00. The molecule has 1 aromatic carbocycles. The predicted octanol–water partition coefficient (Wildman–Crippen LogP) is 1.18. The minimum Gasteiger partial charge on any atom is -0.313 e. The van der Waals surface area contributed by atoms with Crippen molar-refractivity contribution in [1.29, 1.82) is 0 Å². The van der Waals surface area contributed by atoms with Gasteiger partial charge in [0.2, 0.25) is 10.0 Å². The maximum Gasteiger partial charge on any atom is 0.243 e. The fraction of sp³-hybridized carbons (Fsp3) is 0.400. The van der Waals surface area contributed by atoms with E-state index in [-0.39, 0.29) is 15.4 Å². The zero-order chi connectivity index (χ0) is 12.6. The summed E-state index contributed by atoms with van der Waals surface area (Å²) in [5.41, 5.74) is 0. The number of halogens is 2. The van der Waals surface area contributed by atoms with Gasteiger partial charge in [0.25, 0.3) is 0 Å². The van der Waals surface area contributed by atoms with Crippen LogP contribution in [-0.4, -0.2) is 38.9 Å². The minimum atomic E-state index is -3.61. The molecule has 0 aromatic heterocycles. The highest BCUT2D eigenvalue weighted by molar-refractivity contribution is 9.10. The molecule has 17 heavy (non-hydrogen) atoms. The van der Waals surface area contributed by atoms with E-state index in [1.807, 2.05) is 0 Å². The van der Waals surface area contributed by atoms with Gasteiger partial charge in [0.1, 0.15) is 5.82 Å². The first-order valence-electron chi connectivity index (χ1n) is 5.07. The zero-order valence-corrected chi connectivity index (χ0v) is 11.6. The van der Waals surface area contributed by atoms with Gasteiger partial charge in [-0.15, -0.1) is 0 Å². The summed E-state index contributed by atoms with van der Waals surface area (Å²) in [6.45, 7) is 1.27.